The van der Waals surface area contributed by atoms with Crippen LogP contribution in [0.3, 0.4) is 0 Å². The van der Waals surface area contributed by atoms with Gasteiger partial charge < -0.3 is 9.47 Å². The number of hydrogen-bond donors (Lipinski definition) is 0. The van der Waals surface area contributed by atoms with E-state index >= 15 is 0 Å². The van der Waals surface area contributed by atoms with Crippen molar-refractivity contribution in [3.05, 3.63) is 24.3 Å². The number of hydrogen-bond acceptors (Lipinski definition) is 2. The van der Waals surface area contributed by atoms with Crippen LogP contribution in [0, 0.1) is 11.8 Å². The summed E-state index contributed by atoms with van der Waals surface area (Å²) >= 11 is 0. The van der Waals surface area contributed by atoms with E-state index in [4.69, 9.17) is 9.47 Å². The van der Waals surface area contributed by atoms with Crippen LogP contribution in [0.5, 0.6) is 0 Å². The van der Waals surface area contributed by atoms with Crippen molar-refractivity contribution in [2.45, 2.75) is 0 Å². The third-order valence-electron chi connectivity index (χ3n) is 1.28. The monoisotopic (exact) mass is 164 g/mol. The molecule has 0 bridgehead atoms. The molecule has 0 aromatic carbocycles. The van der Waals surface area contributed by atoms with Crippen LogP contribution in [-0.4, -0.2) is 26.4 Å². The molecule has 0 saturated heterocycles. The smallest absolute Gasteiger partial charge is 0.108 e. The highest BCUT2D eigenvalue weighted by molar-refractivity contribution is 5.04. The molecule has 1 aliphatic heterocycles. The molecule has 0 unspecified atom stereocenters. The lowest BCUT2D eigenvalue weighted by molar-refractivity contribution is 0.192. The first-order valence-electron chi connectivity index (χ1n) is 3.93. The maximum atomic E-state index is 5.16. The summed E-state index contributed by atoms with van der Waals surface area (Å²) in [6.45, 7) is 2.22. The molecule has 0 aromatic heterocycles. The van der Waals surface area contributed by atoms with Gasteiger partial charge in [0.25, 0.3) is 0 Å². The van der Waals surface area contributed by atoms with Gasteiger partial charge in [-0.1, -0.05) is 36.1 Å². The summed E-state index contributed by atoms with van der Waals surface area (Å²) in [4.78, 5) is 0. The Kier molecular flexibility index (Phi) is 5.02. The molecule has 1 rings (SSSR count). The topological polar surface area (TPSA) is 18.5 Å². The van der Waals surface area contributed by atoms with Gasteiger partial charge in [-0.15, -0.1) is 0 Å². The van der Waals surface area contributed by atoms with Crippen LogP contribution >= 0.6 is 0 Å². The fourth-order valence-corrected chi connectivity index (χ4v) is 0.726. The molecule has 0 radical (unpaired) electrons. The third kappa shape index (κ3) is 4.73. The lowest BCUT2D eigenvalue weighted by Gasteiger charge is -1.94. The highest BCUT2D eigenvalue weighted by Crippen LogP contribution is 1.83. The second-order valence-electron chi connectivity index (χ2n) is 2.24. The van der Waals surface area contributed by atoms with E-state index in [2.05, 4.69) is 11.8 Å². The van der Waals surface area contributed by atoms with Crippen molar-refractivity contribution < 1.29 is 9.47 Å². The lowest BCUT2D eigenvalue weighted by atomic mass is 10.4. The average Bonchev–Trinajstić information content (AvgIpc) is 2.05. The van der Waals surface area contributed by atoms with Crippen molar-refractivity contribution in [2.24, 2.45) is 0 Å². The zero-order chi connectivity index (χ0) is 8.49. The van der Waals surface area contributed by atoms with E-state index in [-0.39, 0.29) is 0 Å². The van der Waals surface area contributed by atoms with Crippen LogP contribution in [0.2, 0.25) is 0 Å². The summed E-state index contributed by atoms with van der Waals surface area (Å²) < 4.78 is 10.3. The van der Waals surface area contributed by atoms with Gasteiger partial charge >= 0.3 is 0 Å². The van der Waals surface area contributed by atoms with Crippen LogP contribution in [0.1, 0.15) is 0 Å². The number of rotatable bonds is 0. The fraction of sp³-hybridized carbons (Fsp3) is 0.400. The van der Waals surface area contributed by atoms with Gasteiger partial charge in [0.05, 0.1) is 13.2 Å². The van der Waals surface area contributed by atoms with E-state index in [0.717, 1.165) is 0 Å². The normalized spacial score (nSPS) is 24.0. The van der Waals surface area contributed by atoms with Crippen molar-refractivity contribution in [3.63, 3.8) is 0 Å². The first-order chi connectivity index (χ1) is 6.00. The summed E-state index contributed by atoms with van der Waals surface area (Å²) in [7, 11) is 0. The van der Waals surface area contributed by atoms with Crippen LogP contribution in [0.4, 0.5) is 0 Å². The summed E-state index contributed by atoms with van der Waals surface area (Å²) in [5.41, 5.74) is 0. The lowest BCUT2D eigenvalue weighted by Crippen LogP contribution is -1.94. The maximum Gasteiger partial charge on any atom is 0.108 e. The van der Waals surface area contributed by atoms with Gasteiger partial charge in [0.2, 0.25) is 0 Å². The molecule has 0 spiro atoms. The summed E-state index contributed by atoms with van der Waals surface area (Å²) in [5, 5.41) is 0. The second kappa shape index (κ2) is 6.66. The largest absolute Gasteiger partial charge is 0.365 e. The molecule has 2 nitrogen and oxygen atoms in total. The van der Waals surface area contributed by atoms with E-state index in [1.807, 2.05) is 24.3 Å². The van der Waals surface area contributed by atoms with Crippen LogP contribution in [0.25, 0.3) is 0 Å². The molecule has 0 amide bonds. The second-order valence-corrected chi connectivity index (χ2v) is 2.24. The highest BCUT2D eigenvalue weighted by atomic mass is 16.5. The minimum absolute atomic E-state index is 0.484. The SMILES string of the molecule is C1#CCOC/C=C/C=C/COC1. The van der Waals surface area contributed by atoms with Gasteiger partial charge in [0.15, 0.2) is 0 Å². The van der Waals surface area contributed by atoms with Crippen LogP contribution < -0.4 is 0 Å². The summed E-state index contributed by atoms with van der Waals surface area (Å²) in [6.07, 6.45) is 7.77. The van der Waals surface area contributed by atoms with E-state index < -0.39 is 0 Å². The number of ether oxygens (including phenoxy) is 2. The standard InChI is InChI=1S/C10H12O2/c1-2-4-8-12-10-6-5-9-11-7-3-1/h1-4H,7-10H2/b3-1+,4-2+. The van der Waals surface area contributed by atoms with Crippen LogP contribution in [0.15, 0.2) is 24.3 Å². The molecular weight excluding hydrogens is 152 g/mol. The Bertz CT molecular complexity index is 196. The third-order valence-corrected chi connectivity index (χ3v) is 1.28. The summed E-state index contributed by atoms with van der Waals surface area (Å²) in [6, 6.07) is 0. The predicted molar refractivity (Wildman–Crippen MR) is 47.7 cm³/mol. The van der Waals surface area contributed by atoms with Gasteiger partial charge in [-0.2, -0.15) is 0 Å². The zero-order valence-electron chi connectivity index (χ0n) is 6.95. The van der Waals surface area contributed by atoms with Crippen LogP contribution in [-0.2, 0) is 9.47 Å². The van der Waals surface area contributed by atoms with E-state index in [0.29, 0.717) is 26.4 Å². The molecule has 0 atom stereocenters. The Morgan fingerprint density at radius 1 is 0.833 bits per heavy atom. The Morgan fingerprint density at radius 3 is 1.83 bits per heavy atom. The first kappa shape index (κ1) is 9.05. The van der Waals surface area contributed by atoms with Crippen molar-refractivity contribution >= 4 is 0 Å². The minimum Gasteiger partial charge on any atom is -0.365 e. The zero-order valence-corrected chi connectivity index (χ0v) is 6.95. The average molecular weight is 164 g/mol. The minimum atomic E-state index is 0.484. The first-order valence-corrected chi connectivity index (χ1v) is 3.93. The van der Waals surface area contributed by atoms with E-state index in [9.17, 15) is 0 Å². The Morgan fingerprint density at radius 2 is 1.33 bits per heavy atom. The maximum absolute atomic E-state index is 5.16. The van der Waals surface area contributed by atoms with Gasteiger partial charge in [-0.05, 0) is 0 Å². The Balaban J connectivity index is 2.34. The van der Waals surface area contributed by atoms with E-state index in [1.54, 1.807) is 0 Å². The fourth-order valence-electron chi connectivity index (χ4n) is 0.726. The quantitative estimate of drug-likeness (QED) is 0.500. The molecule has 1 aliphatic rings. The van der Waals surface area contributed by atoms with Crippen molar-refractivity contribution in [3.8, 4) is 11.8 Å². The highest BCUT2D eigenvalue weighted by Gasteiger charge is 1.80. The van der Waals surface area contributed by atoms with Gasteiger partial charge in [-0.3, -0.25) is 0 Å². The van der Waals surface area contributed by atoms with Gasteiger partial charge in [0, 0.05) is 0 Å². The predicted octanol–water partition coefficient (Wildman–Crippen LogP) is 1.15. The molecule has 1 heterocycles. The Hall–Kier alpha value is -1.04. The molecule has 0 aliphatic carbocycles. The van der Waals surface area contributed by atoms with Gasteiger partial charge in [0.1, 0.15) is 13.2 Å². The van der Waals surface area contributed by atoms with E-state index in [1.165, 1.54) is 0 Å². The molecule has 0 saturated carbocycles. The molecule has 0 N–H and O–H groups in total. The number of allylic oxidation sites excluding steroid dienone is 2. The molecular formula is C10H12O2. The molecule has 12 heavy (non-hydrogen) atoms. The molecule has 0 fully saturated rings. The van der Waals surface area contributed by atoms with Crippen molar-refractivity contribution in [1.82, 2.24) is 0 Å². The molecule has 0 aromatic rings. The van der Waals surface area contributed by atoms with Crippen molar-refractivity contribution in [2.75, 3.05) is 26.4 Å². The molecule has 2 heteroatoms. The summed E-state index contributed by atoms with van der Waals surface area (Å²) in [5.74, 6) is 5.70. The Labute approximate surface area is 72.9 Å². The van der Waals surface area contributed by atoms with Gasteiger partial charge in [-0.25, -0.2) is 0 Å². The molecule has 64 valence electrons. The van der Waals surface area contributed by atoms with Crippen molar-refractivity contribution in [1.29, 1.82) is 0 Å².